The second kappa shape index (κ2) is 6.47. The van der Waals surface area contributed by atoms with Gasteiger partial charge in [0.05, 0.1) is 6.61 Å². The molecule has 6 heteroatoms. The highest BCUT2D eigenvalue weighted by Crippen LogP contribution is 2.22. The Morgan fingerprint density at radius 3 is 2.88 bits per heavy atom. The van der Waals surface area contributed by atoms with Crippen molar-refractivity contribution in [1.82, 2.24) is 19.6 Å². The zero-order valence-electron chi connectivity index (χ0n) is 13.8. The van der Waals surface area contributed by atoms with Crippen molar-refractivity contribution in [1.29, 1.82) is 0 Å². The molecule has 0 N–H and O–H groups in total. The Bertz CT molecular complexity index is 823. The number of aromatic nitrogens is 4. The van der Waals surface area contributed by atoms with Gasteiger partial charge in [-0.25, -0.2) is 14.5 Å². The molecule has 4 rings (SSSR count). The van der Waals surface area contributed by atoms with Gasteiger partial charge in [0.2, 0.25) is 5.88 Å². The molecule has 0 atom stereocenters. The summed E-state index contributed by atoms with van der Waals surface area (Å²) in [4.78, 5) is 11.0. The van der Waals surface area contributed by atoms with Crippen LogP contribution in [0.15, 0.2) is 42.7 Å². The third-order valence-corrected chi connectivity index (χ3v) is 4.51. The molecule has 0 amide bonds. The largest absolute Gasteiger partial charge is 0.477 e. The standard InChI is InChI=1S/C18H21N5O/c1-14-3-2-4-18(20-14)24-13-15-7-10-22(11-8-15)17-6-5-16-19-9-12-23(16)21-17/h2-6,9,12,15H,7-8,10-11,13H2,1H3. The Morgan fingerprint density at radius 2 is 2.04 bits per heavy atom. The number of piperidine rings is 1. The molecule has 1 aliphatic heterocycles. The quantitative estimate of drug-likeness (QED) is 0.739. The maximum absolute atomic E-state index is 5.86. The van der Waals surface area contributed by atoms with E-state index in [0.29, 0.717) is 5.92 Å². The fraction of sp³-hybridized carbons (Fsp3) is 0.389. The zero-order valence-corrected chi connectivity index (χ0v) is 13.8. The van der Waals surface area contributed by atoms with E-state index >= 15 is 0 Å². The minimum atomic E-state index is 0.570. The van der Waals surface area contributed by atoms with Gasteiger partial charge < -0.3 is 9.64 Å². The summed E-state index contributed by atoms with van der Waals surface area (Å²) in [7, 11) is 0. The number of ether oxygens (including phenoxy) is 1. The van der Waals surface area contributed by atoms with Crippen LogP contribution in [0.1, 0.15) is 18.5 Å². The molecule has 0 bridgehead atoms. The minimum Gasteiger partial charge on any atom is -0.477 e. The van der Waals surface area contributed by atoms with Crippen molar-refractivity contribution >= 4 is 11.5 Å². The normalized spacial score (nSPS) is 15.8. The molecule has 0 spiro atoms. The molecule has 3 aromatic rings. The monoisotopic (exact) mass is 323 g/mol. The predicted molar refractivity (Wildman–Crippen MR) is 92.4 cm³/mol. The van der Waals surface area contributed by atoms with Crippen LogP contribution in [0.25, 0.3) is 5.65 Å². The van der Waals surface area contributed by atoms with Crippen LogP contribution in [0.5, 0.6) is 5.88 Å². The van der Waals surface area contributed by atoms with Crippen LogP contribution in [-0.2, 0) is 0 Å². The van der Waals surface area contributed by atoms with E-state index < -0.39 is 0 Å². The van der Waals surface area contributed by atoms with Gasteiger partial charge in [-0.3, -0.25) is 0 Å². The average Bonchev–Trinajstić information content (AvgIpc) is 3.08. The first-order valence-corrected chi connectivity index (χ1v) is 8.40. The molecule has 0 aliphatic carbocycles. The molecule has 1 aliphatic rings. The second-order valence-electron chi connectivity index (χ2n) is 6.28. The summed E-state index contributed by atoms with van der Waals surface area (Å²) in [5.74, 6) is 2.31. The first-order chi connectivity index (χ1) is 11.8. The van der Waals surface area contributed by atoms with Crippen LogP contribution < -0.4 is 9.64 Å². The number of pyridine rings is 1. The van der Waals surface area contributed by atoms with Crippen molar-refractivity contribution in [2.45, 2.75) is 19.8 Å². The molecule has 4 heterocycles. The molecule has 1 saturated heterocycles. The van der Waals surface area contributed by atoms with Gasteiger partial charge in [0, 0.05) is 37.2 Å². The summed E-state index contributed by atoms with van der Waals surface area (Å²) in [6, 6.07) is 9.96. The summed E-state index contributed by atoms with van der Waals surface area (Å²) >= 11 is 0. The Labute approximate surface area is 141 Å². The third kappa shape index (κ3) is 3.18. The lowest BCUT2D eigenvalue weighted by atomic mass is 9.98. The average molecular weight is 323 g/mol. The number of rotatable bonds is 4. The van der Waals surface area contributed by atoms with Crippen molar-refractivity contribution in [3.63, 3.8) is 0 Å². The highest BCUT2D eigenvalue weighted by atomic mass is 16.5. The molecular weight excluding hydrogens is 302 g/mol. The van der Waals surface area contributed by atoms with Crippen LogP contribution in [0.3, 0.4) is 0 Å². The van der Waals surface area contributed by atoms with E-state index in [9.17, 15) is 0 Å². The highest BCUT2D eigenvalue weighted by molar-refractivity contribution is 5.45. The molecule has 0 saturated carbocycles. The van der Waals surface area contributed by atoms with E-state index in [1.807, 2.05) is 41.9 Å². The Hall–Kier alpha value is -2.63. The van der Waals surface area contributed by atoms with Gasteiger partial charge in [-0.15, -0.1) is 5.10 Å². The van der Waals surface area contributed by atoms with Crippen molar-refractivity contribution in [2.75, 3.05) is 24.6 Å². The number of aryl methyl sites for hydroxylation is 1. The summed E-state index contributed by atoms with van der Waals surface area (Å²) in [5, 5.41) is 4.63. The summed E-state index contributed by atoms with van der Waals surface area (Å²) in [5.41, 5.74) is 1.87. The van der Waals surface area contributed by atoms with Crippen LogP contribution in [-0.4, -0.2) is 39.3 Å². The maximum Gasteiger partial charge on any atom is 0.213 e. The van der Waals surface area contributed by atoms with E-state index in [1.165, 1.54) is 0 Å². The lowest BCUT2D eigenvalue weighted by molar-refractivity contribution is 0.215. The predicted octanol–water partition coefficient (Wildman–Crippen LogP) is 2.73. The lowest BCUT2D eigenvalue weighted by Crippen LogP contribution is -2.36. The third-order valence-electron chi connectivity index (χ3n) is 4.51. The van der Waals surface area contributed by atoms with E-state index in [1.54, 1.807) is 6.20 Å². The van der Waals surface area contributed by atoms with E-state index in [2.05, 4.69) is 26.0 Å². The van der Waals surface area contributed by atoms with Gasteiger partial charge >= 0.3 is 0 Å². The maximum atomic E-state index is 5.86. The van der Waals surface area contributed by atoms with Gasteiger partial charge in [-0.2, -0.15) is 0 Å². The number of fused-ring (bicyclic) bond motifs is 1. The number of imidazole rings is 1. The molecule has 24 heavy (non-hydrogen) atoms. The molecule has 0 unspecified atom stereocenters. The SMILES string of the molecule is Cc1cccc(OCC2CCN(c3ccc4nccn4n3)CC2)n1. The van der Waals surface area contributed by atoms with Crippen molar-refractivity contribution in [3.8, 4) is 5.88 Å². The van der Waals surface area contributed by atoms with Crippen LogP contribution in [0.2, 0.25) is 0 Å². The zero-order chi connectivity index (χ0) is 16.4. The van der Waals surface area contributed by atoms with Crippen LogP contribution in [0.4, 0.5) is 5.82 Å². The summed E-state index contributed by atoms with van der Waals surface area (Å²) in [6.07, 6.45) is 5.87. The molecule has 1 fully saturated rings. The van der Waals surface area contributed by atoms with Crippen LogP contribution >= 0.6 is 0 Å². The fourth-order valence-corrected chi connectivity index (χ4v) is 3.10. The molecule has 124 valence electrons. The molecule has 0 radical (unpaired) electrons. The van der Waals surface area contributed by atoms with Gasteiger partial charge in [-0.1, -0.05) is 6.07 Å². The smallest absolute Gasteiger partial charge is 0.213 e. The lowest BCUT2D eigenvalue weighted by Gasteiger charge is -2.32. The van der Waals surface area contributed by atoms with Crippen molar-refractivity contribution < 1.29 is 4.74 Å². The summed E-state index contributed by atoms with van der Waals surface area (Å²) < 4.78 is 7.68. The van der Waals surface area contributed by atoms with Gasteiger partial charge in [0.1, 0.15) is 5.82 Å². The van der Waals surface area contributed by atoms with Gasteiger partial charge in [0.15, 0.2) is 5.65 Å². The highest BCUT2D eigenvalue weighted by Gasteiger charge is 2.21. The van der Waals surface area contributed by atoms with E-state index in [4.69, 9.17) is 4.74 Å². The number of hydrogen-bond donors (Lipinski definition) is 0. The molecule has 6 nitrogen and oxygen atoms in total. The van der Waals surface area contributed by atoms with Gasteiger partial charge in [-0.05, 0) is 43.9 Å². The molecular formula is C18H21N5O. The first kappa shape index (κ1) is 14.9. The Morgan fingerprint density at radius 1 is 1.17 bits per heavy atom. The Balaban J connectivity index is 1.33. The number of nitrogens with zero attached hydrogens (tertiary/aromatic N) is 5. The second-order valence-corrected chi connectivity index (χ2v) is 6.28. The summed E-state index contributed by atoms with van der Waals surface area (Å²) in [6.45, 7) is 4.72. The Kier molecular flexibility index (Phi) is 4.02. The fourth-order valence-electron chi connectivity index (χ4n) is 3.10. The van der Waals surface area contributed by atoms with Crippen molar-refractivity contribution in [2.24, 2.45) is 5.92 Å². The first-order valence-electron chi connectivity index (χ1n) is 8.40. The van der Waals surface area contributed by atoms with E-state index in [-0.39, 0.29) is 0 Å². The van der Waals surface area contributed by atoms with Gasteiger partial charge in [0.25, 0.3) is 0 Å². The number of anilines is 1. The topological polar surface area (TPSA) is 55.5 Å². The molecule has 0 aromatic carbocycles. The minimum absolute atomic E-state index is 0.570. The number of hydrogen-bond acceptors (Lipinski definition) is 5. The van der Waals surface area contributed by atoms with Crippen LogP contribution in [0, 0.1) is 12.8 Å². The van der Waals surface area contributed by atoms with E-state index in [0.717, 1.165) is 55.6 Å². The van der Waals surface area contributed by atoms with Crippen molar-refractivity contribution in [3.05, 3.63) is 48.4 Å². The molecule has 3 aromatic heterocycles.